The van der Waals surface area contributed by atoms with Gasteiger partial charge in [-0.2, -0.15) is 13.2 Å². The molecule has 162 valence electrons. The number of rotatable bonds is 7. The van der Waals surface area contributed by atoms with Crippen LogP contribution in [0.4, 0.5) is 13.2 Å². The summed E-state index contributed by atoms with van der Waals surface area (Å²) in [5, 5.41) is 6.23. The van der Waals surface area contributed by atoms with Gasteiger partial charge in [-0.05, 0) is 24.5 Å². The van der Waals surface area contributed by atoms with Crippen molar-refractivity contribution in [2.24, 2.45) is 4.99 Å². The van der Waals surface area contributed by atoms with Gasteiger partial charge in [0.2, 0.25) is 5.91 Å². The van der Waals surface area contributed by atoms with Crippen LogP contribution >= 0.6 is 24.0 Å². The lowest BCUT2D eigenvalue weighted by Gasteiger charge is -2.43. The van der Waals surface area contributed by atoms with Crippen molar-refractivity contribution in [1.82, 2.24) is 15.5 Å². The number of carbonyl (C=O) groups is 1. The van der Waals surface area contributed by atoms with E-state index in [9.17, 15) is 18.0 Å². The van der Waals surface area contributed by atoms with Crippen molar-refractivity contribution in [2.75, 3.05) is 33.7 Å². The van der Waals surface area contributed by atoms with E-state index < -0.39 is 11.7 Å². The van der Waals surface area contributed by atoms with E-state index in [1.54, 1.807) is 26.2 Å². The van der Waals surface area contributed by atoms with Gasteiger partial charge >= 0.3 is 6.18 Å². The van der Waals surface area contributed by atoms with Gasteiger partial charge in [-0.1, -0.05) is 30.7 Å². The van der Waals surface area contributed by atoms with Crippen LogP contribution in [0, 0.1) is 0 Å². The molecule has 1 aromatic carbocycles. The van der Waals surface area contributed by atoms with Crippen LogP contribution in [-0.4, -0.2) is 50.5 Å². The van der Waals surface area contributed by atoms with E-state index in [4.69, 9.17) is 0 Å². The Hall–Kier alpha value is -1.78. The maximum Gasteiger partial charge on any atom is 0.416 e. The van der Waals surface area contributed by atoms with E-state index in [1.165, 1.54) is 17.0 Å². The first-order chi connectivity index (χ1) is 13.2. The zero-order valence-electron chi connectivity index (χ0n) is 16.7. The minimum atomic E-state index is -4.36. The molecule has 0 radical (unpaired) electrons. The minimum absolute atomic E-state index is 0. The van der Waals surface area contributed by atoms with Gasteiger partial charge in [-0.3, -0.25) is 4.79 Å². The van der Waals surface area contributed by atoms with Gasteiger partial charge in [0, 0.05) is 32.6 Å². The Bertz CT molecular complexity index is 731. The second kappa shape index (κ2) is 10.8. The number of aliphatic imine (C=N–C) groups is 1. The summed E-state index contributed by atoms with van der Waals surface area (Å²) in [4.78, 5) is 17.5. The molecule has 0 heterocycles. The van der Waals surface area contributed by atoms with E-state index in [0.29, 0.717) is 24.6 Å². The average molecular weight is 524 g/mol. The number of likely N-dealkylation sites (N-methyl/N-ethyl adjacent to an activating group) is 1. The number of nitrogens with one attached hydrogen (secondary N) is 2. The Kier molecular flexibility index (Phi) is 9.44. The Balaban J connectivity index is 0.00000420. The summed E-state index contributed by atoms with van der Waals surface area (Å²) in [6.07, 6.45) is -0.140. The highest BCUT2D eigenvalue weighted by molar-refractivity contribution is 14.0. The number of carbonyl (C=O) groups excluding carboxylic acids is 1. The molecular weight excluding hydrogens is 496 g/mol. The van der Waals surface area contributed by atoms with Crippen molar-refractivity contribution >= 4 is 35.8 Å². The van der Waals surface area contributed by atoms with E-state index in [-0.39, 0.29) is 41.8 Å². The SMILES string of the molecule is C=CCNC(=NCC(=O)N(C)C)NCC1(c2cccc(C(F)(F)F)c2)CCC1.I. The Morgan fingerprint density at radius 3 is 2.52 bits per heavy atom. The number of halogens is 4. The molecule has 0 atom stereocenters. The lowest BCUT2D eigenvalue weighted by Crippen LogP contribution is -2.49. The zero-order valence-corrected chi connectivity index (χ0v) is 19.0. The van der Waals surface area contributed by atoms with Crippen molar-refractivity contribution in [3.63, 3.8) is 0 Å². The summed E-state index contributed by atoms with van der Waals surface area (Å²) in [6, 6.07) is 5.54. The molecule has 1 fully saturated rings. The highest BCUT2D eigenvalue weighted by Gasteiger charge is 2.40. The van der Waals surface area contributed by atoms with Crippen LogP contribution in [0.3, 0.4) is 0 Å². The van der Waals surface area contributed by atoms with Crippen LogP contribution in [0.2, 0.25) is 0 Å². The number of benzene rings is 1. The summed E-state index contributed by atoms with van der Waals surface area (Å²) in [7, 11) is 3.30. The molecule has 0 spiro atoms. The average Bonchev–Trinajstić information content (AvgIpc) is 2.61. The van der Waals surface area contributed by atoms with Crippen LogP contribution in [0.1, 0.15) is 30.4 Å². The monoisotopic (exact) mass is 524 g/mol. The second-order valence-corrected chi connectivity index (χ2v) is 7.19. The number of guanidine groups is 1. The van der Waals surface area contributed by atoms with Crippen LogP contribution < -0.4 is 10.6 Å². The third-order valence-electron chi connectivity index (χ3n) is 4.99. The fourth-order valence-corrected chi connectivity index (χ4v) is 3.08. The molecule has 5 nitrogen and oxygen atoms in total. The largest absolute Gasteiger partial charge is 0.416 e. The lowest BCUT2D eigenvalue weighted by molar-refractivity contribution is -0.137. The smallest absolute Gasteiger partial charge is 0.355 e. The Morgan fingerprint density at radius 2 is 2.00 bits per heavy atom. The predicted octanol–water partition coefficient (Wildman–Crippen LogP) is 3.55. The number of hydrogen-bond donors (Lipinski definition) is 2. The third kappa shape index (κ3) is 6.90. The third-order valence-corrected chi connectivity index (χ3v) is 4.99. The normalized spacial score (nSPS) is 15.6. The van der Waals surface area contributed by atoms with Gasteiger partial charge in [-0.25, -0.2) is 4.99 Å². The maximum absolute atomic E-state index is 13.1. The molecule has 2 N–H and O–H groups in total. The topological polar surface area (TPSA) is 56.7 Å². The van der Waals surface area contributed by atoms with Crippen molar-refractivity contribution in [3.05, 3.63) is 48.0 Å². The molecule has 1 amide bonds. The summed E-state index contributed by atoms with van der Waals surface area (Å²) < 4.78 is 39.2. The van der Waals surface area contributed by atoms with Crippen molar-refractivity contribution in [3.8, 4) is 0 Å². The molecule has 9 heteroatoms. The van der Waals surface area contributed by atoms with Gasteiger partial charge in [0.25, 0.3) is 0 Å². The molecule has 0 bridgehead atoms. The molecule has 0 aliphatic heterocycles. The molecule has 0 saturated heterocycles. The fraction of sp³-hybridized carbons (Fsp3) is 0.500. The van der Waals surface area contributed by atoms with Gasteiger partial charge in [-0.15, -0.1) is 30.6 Å². The van der Waals surface area contributed by atoms with Gasteiger partial charge < -0.3 is 15.5 Å². The molecule has 1 aliphatic carbocycles. The lowest BCUT2D eigenvalue weighted by atomic mass is 9.64. The van der Waals surface area contributed by atoms with Gasteiger partial charge in [0.1, 0.15) is 6.54 Å². The summed E-state index contributed by atoms with van der Waals surface area (Å²) >= 11 is 0. The van der Waals surface area contributed by atoms with E-state index in [2.05, 4.69) is 22.2 Å². The first-order valence-electron chi connectivity index (χ1n) is 9.19. The molecule has 0 unspecified atom stereocenters. The zero-order chi connectivity index (χ0) is 20.8. The van der Waals surface area contributed by atoms with Crippen molar-refractivity contribution in [2.45, 2.75) is 30.9 Å². The molecule has 1 saturated carbocycles. The fourth-order valence-electron chi connectivity index (χ4n) is 3.08. The summed E-state index contributed by atoms with van der Waals surface area (Å²) in [5.74, 6) is 0.296. The summed E-state index contributed by atoms with van der Waals surface area (Å²) in [6.45, 7) is 4.52. The Morgan fingerprint density at radius 1 is 1.31 bits per heavy atom. The number of nitrogens with zero attached hydrogens (tertiary/aromatic N) is 2. The van der Waals surface area contributed by atoms with Crippen LogP contribution in [0.15, 0.2) is 41.9 Å². The van der Waals surface area contributed by atoms with Crippen LogP contribution in [0.5, 0.6) is 0 Å². The number of alkyl halides is 3. The maximum atomic E-state index is 13.1. The van der Waals surface area contributed by atoms with Crippen LogP contribution in [-0.2, 0) is 16.4 Å². The molecular formula is C20H28F3IN4O. The molecule has 2 rings (SSSR count). The van der Waals surface area contributed by atoms with E-state index in [1.807, 2.05) is 0 Å². The number of hydrogen-bond acceptors (Lipinski definition) is 2. The molecule has 0 aromatic heterocycles. The quantitative estimate of drug-likeness (QED) is 0.248. The molecule has 1 aliphatic rings. The first-order valence-corrected chi connectivity index (χ1v) is 9.19. The second-order valence-electron chi connectivity index (χ2n) is 7.19. The highest BCUT2D eigenvalue weighted by atomic mass is 127. The molecule has 29 heavy (non-hydrogen) atoms. The summed E-state index contributed by atoms with van der Waals surface area (Å²) in [5.41, 5.74) is -0.330. The molecule has 1 aromatic rings. The van der Waals surface area contributed by atoms with E-state index in [0.717, 1.165) is 25.3 Å². The van der Waals surface area contributed by atoms with Crippen LogP contribution in [0.25, 0.3) is 0 Å². The number of amides is 1. The minimum Gasteiger partial charge on any atom is -0.355 e. The van der Waals surface area contributed by atoms with E-state index >= 15 is 0 Å². The van der Waals surface area contributed by atoms with Gasteiger partial charge in [0.15, 0.2) is 5.96 Å². The van der Waals surface area contributed by atoms with Crippen molar-refractivity contribution in [1.29, 1.82) is 0 Å². The predicted molar refractivity (Wildman–Crippen MR) is 120 cm³/mol. The van der Waals surface area contributed by atoms with Gasteiger partial charge in [0.05, 0.1) is 5.56 Å². The first kappa shape index (κ1) is 25.3. The standard InChI is InChI=1S/C20H27F3N4O.HI/c1-4-11-24-18(25-13-17(28)27(2)3)26-14-19(9-6-10-19)15-7-5-8-16(12-15)20(21,22)23;/h4-5,7-8,12H,1,6,9-11,13-14H2,2-3H3,(H2,24,25,26);1H. The highest BCUT2D eigenvalue weighted by Crippen LogP contribution is 2.44. The van der Waals surface area contributed by atoms with Crippen molar-refractivity contribution < 1.29 is 18.0 Å². The Labute approximate surface area is 186 Å².